The zero-order valence-electron chi connectivity index (χ0n) is 12.0. The van der Waals surface area contributed by atoms with Crippen molar-refractivity contribution in [2.45, 2.75) is 33.4 Å². The van der Waals surface area contributed by atoms with Crippen LogP contribution in [0.3, 0.4) is 0 Å². The van der Waals surface area contributed by atoms with E-state index in [1.807, 2.05) is 31.2 Å². The summed E-state index contributed by atoms with van der Waals surface area (Å²) >= 11 is 6.29. The highest BCUT2D eigenvalue weighted by molar-refractivity contribution is 6.31. The number of rotatable bonds is 4. The molecule has 1 nitrogen and oxygen atoms in total. The molecular formula is C17H19ClFN. The topological polar surface area (TPSA) is 12.0 Å². The molecule has 1 N–H and O–H groups in total. The van der Waals surface area contributed by atoms with Crippen molar-refractivity contribution < 1.29 is 4.39 Å². The Morgan fingerprint density at radius 2 is 1.90 bits per heavy atom. The average Bonchev–Trinajstić information content (AvgIpc) is 2.40. The van der Waals surface area contributed by atoms with E-state index in [0.29, 0.717) is 23.2 Å². The van der Waals surface area contributed by atoms with Gasteiger partial charge in [-0.1, -0.05) is 49.2 Å². The average molecular weight is 292 g/mol. The summed E-state index contributed by atoms with van der Waals surface area (Å²) in [7, 11) is 0. The normalized spacial score (nSPS) is 11.1. The van der Waals surface area contributed by atoms with Crippen LogP contribution in [-0.4, -0.2) is 6.04 Å². The summed E-state index contributed by atoms with van der Waals surface area (Å²) in [6.45, 7) is 6.84. The Kier molecular flexibility index (Phi) is 4.79. The molecule has 0 saturated carbocycles. The third kappa shape index (κ3) is 3.59. The molecule has 0 amide bonds. The number of hydrogen-bond acceptors (Lipinski definition) is 1. The minimum atomic E-state index is -0.222. The summed E-state index contributed by atoms with van der Waals surface area (Å²) in [4.78, 5) is 0. The van der Waals surface area contributed by atoms with E-state index in [9.17, 15) is 4.39 Å². The molecule has 20 heavy (non-hydrogen) atoms. The minimum Gasteiger partial charge on any atom is -0.310 e. The lowest BCUT2D eigenvalue weighted by Crippen LogP contribution is -2.21. The van der Waals surface area contributed by atoms with E-state index < -0.39 is 0 Å². The van der Waals surface area contributed by atoms with Gasteiger partial charge in [0.2, 0.25) is 0 Å². The molecule has 0 spiro atoms. The molecule has 0 aliphatic rings. The highest BCUT2D eigenvalue weighted by Gasteiger charge is 2.08. The Bertz CT molecular complexity index is 608. The highest BCUT2D eigenvalue weighted by Crippen LogP contribution is 2.28. The van der Waals surface area contributed by atoms with Crippen LogP contribution in [0.4, 0.5) is 4.39 Å². The van der Waals surface area contributed by atoms with E-state index in [1.54, 1.807) is 6.07 Å². The van der Waals surface area contributed by atoms with Gasteiger partial charge in [-0.3, -0.25) is 0 Å². The zero-order valence-corrected chi connectivity index (χ0v) is 12.8. The van der Waals surface area contributed by atoms with Crippen molar-refractivity contribution >= 4 is 11.6 Å². The van der Waals surface area contributed by atoms with E-state index in [4.69, 9.17) is 11.6 Å². The zero-order chi connectivity index (χ0) is 14.7. The lowest BCUT2D eigenvalue weighted by Gasteiger charge is -2.11. The third-order valence-electron chi connectivity index (χ3n) is 3.19. The monoisotopic (exact) mass is 291 g/mol. The van der Waals surface area contributed by atoms with Crippen molar-refractivity contribution in [2.24, 2.45) is 0 Å². The Balaban J connectivity index is 2.31. The van der Waals surface area contributed by atoms with Crippen molar-refractivity contribution in [3.63, 3.8) is 0 Å². The fourth-order valence-electron chi connectivity index (χ4n) is 2.03. The van der Waals surface area contributed by atoms with Crippen LogP contribution in [0, 0.1) is 12.7 Å². The summed E-state index contributed by atoms with van der Waals surface area (Å²) in [6, 6.07) is 11.2. The van der Waals surface area contributed by atoms with E-state index in [0.717, 1.165) is 16.7 Å². The molecule has 2 rings (SSSR count). The molecule has 0 aliphatic heterocycles. The molecule has 0 saturated heterocycles. The predicted molar refractivity (Wildman–Crippen MR) is 83.6 cm³/mol. The van der Waals surface area contributed by atoms with Gasteiger partial charge in [-0.05, 0) is 36.2 Å². The van der Waals surface area contributed by atoms with E-state index >= 15 is 0 Å². The predicted octanol–water partition coefficient (Wildman–Crippen LogP) is 4.95. The molecule has 0 aliphatic carbocycles. The molecule has 0 heterocycles. The molecular weight excluding hydrogens is 273 g/mol. The Hall–Kier alpha value is -1.38. The second kappa shape index (κ2) is 6.38. The van der Waals surface area contributed by atoms with Gasteiger partial charge in [0.15, 0.2) is 0 Å². The van der Waals surface area contributed by atoms with Crippen molar-refractivity contribution in [2.75, 3.05) is 0 Å². The van der Waals surface area contributed by atoms with Crippen molar-refractivity contribution in [3.05, 3.63) is 58.4 Å². The van der Waals surface area contributed by atoms with Crippen LogP contribution >= 0.6 is 11.6 Å². The van der Waals surface area contributed by atoms with Crippen LogP contribution in [0.1, 0.15) is 25.0 Å². The molecule has 0 aromatic heterocycles. The summed E-state index contributed by atoms with van der Waals surface area (Å²) in [5.41, 5.74) is 3.46. The van der Waals surface area contributed by atoms with E-state index in [2.05, 4.69) is 19.2 Å². The van der Waals surface area contributed by atoms with Crippen molar-refractivity contribution in [1.29, 1.82) is 0 Å². The lowest BCUT2D eigenvalue weighted by molar-refractivity contribution is 0.589. The first kappa shape index (κ1) is 15.0. The van der Waals surface area contributed by atoms with Gasteiger partial charge in [-0.25, -0.2) is 4.39 Å². The van der Waals surface area contributed by atoms with Gasteiger partial charge in [0.05, 0.1) is 0 Å². The maximum absolute atomic E-state index is 13.9. The highest BCUT2D eigenvalue weighted by atomic mass is 35.5. The number of aryl methyl sites for hydroxylation is 1. The van der Waals surface area contributed by atoms with Gasteiger partial charge >= 0.3 is 0 Å². The Labute approximate surface area is 124 Å². The summed E-state index contributed by atoms with van der Waals surface area (Å²) < 4.78 is 13.9. The molecule has 3 heteroatoms. The van der Waals surface area contributed by atoms with Crippen LogP contribution in [0.5, 0.6) is 0 Å². The first-order chi connectivity index (χ1) is 9.47. The van der Waals surface area contributed by atoms with Crippen molar-refractivity contribution in [1.82, 2.24) is 5.32 Å². The molecule has 0 radical (unpaired) electrons. The second-order valence-corrected chi connectivity index (χ2v) is 5.73. The molecule has 2 aromatic carbocycles. The second-order valence-electron chi connectivity index (χ2n) is 5.33. The number of hydrogen-bond donors (Lipinski definition) is 1. The first-order valence-electron chi connectivity index (χ1n) is 6.75. The van der Waals surface area contributed by atoms with Gasteiger partial charge in [0.25, 0.3) is 0 Å². The SMILES string of the molecule is Cc1ccc(F)c(-c2ccc(CNC(C)C)c(Cl)c2)c1. The number of halogens is 2. The maximum Gasteiger partial charge on any atom is 0.131 e. The Morgan fingerprint density at radius 1 is 1.15 bits per heavy atom. The molecule has 2 aromatic rings. The van der Waals surface area contributed by atoms with Gasteiger partial charge in [0, 0.05) is 23.2 Å². The summed E-state index contributed by atoms with van der Waals surface area (Å²) in [5.74, 6) is -0.222. The van der Waals surface area contributed by atoms with E-state index in [-0.39, 0.29) is 5.82 Å². The standard InChI is InChI=1S/C17H19ClFN/c1-11(2)20-10-14-6-5-13(9-16(14)18)15-8-12(3)4-7-17(15)19/h4-9,11,20H,10H2,1-3H3. The van der Waals surface area contributed by atoms with Crippen LogP contribution < -0.4 is 5.32 Å². The fraction of sp³-hybridized carbons (Fsp3) is 0.294. The molecule has 0 unspecified atom stereocenters. The summed E-state index contributed by atoms with van der Waals surface area (Å²) in [6.07, 6.45) is 0. The van der Waals surface area contributed by atoms with E-state index in [1.165, 1.54) is 6.07 Å². The minimum absolute atomic E-state index is 0.222. The number of nitrogens with one attached hydrogen (secondary N) is 1. The van der Waals surface area contributed by atoms with Crippen LogP contribution in [0.15, 0.2) is 36.4 Å². The third-order valence-corrected chi connectivity index (χ3v) is 3.54. The molecule has 106 valence electrons. The molecule has 0 atom stereocenters. The Morgan fingerprint density at radius 3 is 2.55 bits per heavy atom. The lowest BCUT2D eigenvalue weighted by atomic mass is 10.0. The molecule has 0 bridgehead atoms. The number of benzene rings is 2. The van der Waals surface area contributed by atoms with Gasteiger partial charge in [-0.15, -0.1) is 0 Å². The fourth-order valence-corrected chi connectivity index (χ4v) is 2.28. The van der Waals surface area contributed by atoms with Crippen LogP contribution in [-0.2, 0) is 6.54 Å². The summed E-state index contributed by atoms with van der Waals surface area (Å²) in [5, 5.41) is 3.99. The molecule has 0 fully saturated rings. The van der Waals surface area contributed by atoms with Gasteiger partial charge < -0.3 is 5.32 Å². The quantitative estimate of drug-likeness (QED) is 0.840. The van der Waals surface area contributed by atoms with Gasteiger partial charge in [-0.2, -0.15) is 0 Å². The maximum atomic E-state index is 13.9. The smallest absolute Gasteiger partial charge is 0.131 e. The van der Waals surface area contributed by atoms with Gasteiger partial charge in [0.1, 0.15) is 5.82 Å². The van der Waals surface area contributed by atoms with Crippen LogP contribution in [0.25, 0.3) is 11.1 Å². The largest absolute Gasteiger partial charge is 0.310 e. The van der Waals surface area contributed by atoms with Crippen LogP contribution in [0.2, 0.25) is 5.02 Å². The first-order valence-corrected chi connectivity index (χ1v) is 7.13. The van der Waals surface area contributed by atoms with Crippen molar-refractivity contribution in [3.8, 4) is 11.1 Å².